The third-order valence-corrected chi connectivity index (χ3v) is 8.24. The number of hydrogen-bond acceptors (Lipinski definition) is 4. The topological polar surface area (TPSA) is 62.3 Å². The number of amides is 2. The summed E-state index contributed by atoms with van der Waals surface area (Å²) in [7, 11) is 1.87. The summed E-state index contributed by atoms with van der Waals surface area (Å²) in [5.74, 6) is 0.201. The fourth-order valence-corrected chi connectivity index (χ4v) is 6.43. The van der Waals surface area contributed by atoms with Crippen LogP contribution in [0.4, 0.5) is 0 Å². The molecule has 5 nitrogen and oxygen atoms in total. The van der Waals surface area contributed by atoms with E-state index in [0.29, 0.717) is 25.8 Å². The number of carbonyl (C=O) groups excluding carboxylic acids is 2. The molecule has 2 aromatic carbocycles. The van der Waals surface area contributed by atoms with Crippen LogP contribution in [0.2, 0.25) is 0 Å². The van der Waals surface area contributed by atoms with Crippen molar-refractivity contribution in [2.24, 2.45) is 0 Å². The second-order valence-electron chi connectivity index (χ2n) is 9.62. The van der Waals surface area contributed by atoms with Crippen molar-refractivity contribution in [1.82, 2.24) is 15.2 Å². The number of thiazole rings is 1. The number of aromatic nitrogens is 1. The maximum atomic E-state index is 13.0. The molecule has 6 heteroatoms. The lowest BCUT2D eigenvalue weighted by Crippen LogP contribution is -2.44. The van der Waals surface area contributed by atoms with E-state index in [1.54, 1.807) is 16.2 Å². The van der Waals surface area contributed by atoms with E-state index in [4.69, 9.17) is 4.98 Å². The Hall–Kier alpha value is -2.73. The van der Waals surface area contributed by atoms with Gasteiger partial charge >= 0.3 is 0 Å². The minimum absolute atomic E-state index is 0.0879. The van der Waals surface area contributed by atoms with Crippen LogP contribution in [0.5, 0.6) is 0 Å². The summed E-state index contributed by atoms with van der Waals surface area (Å²) in [6, 6.07) is 14.8. The van der Waals surface area contributed by atoms with Crippen molar-refractivity contribution < 1.29 is 9.59 Å². The van der Waals surface area contributed by atoms with E-state index in [1.807, 2.05) is 19.2 Å². The Kier molecular flexibility index (Phi) is 6.19. The molecule has 0 saturated carbocycles. The van der Waals surface area contributed by atoms with Gasteiger partial charge in [0.15, 0.2) is 0 Å². The fraction of sp³-hybridized carbons (Fsp3) is 0.444. The highest BCUT2D eigenvalue weighted by atomic mass is 32.1. The van der Waals surface area contributed by atoms with Crippen LogP contribution in [0.3, 0.4) is 0 Å². The molecule has 1 atom stereocenters. The highest BCUT2D eigenvalue weighted by Crippen LogP contribution is 2.31. The summed E-state index contributed by atoms with van der Waals surface area (Å²) >= 11 is 1.76. The molecule has 1 N–H and O–H groups in total. The van der Waals surface area contributed by atoms with Crippen LogP contribution in [0.25, 0.3) is 10.8 Å². The summed E-state index contributed by atoms with van der Waals surface area (Å²) in [5.41, 5.74) is 2.09. The number of rotatable bonds is 7. The van der Waals surface area contributed by atoms with Crippen LogP contribution in [-0.2, 0) is 35.4 Å². The van der Waals surface area contributed by atoms with Crippen LogP contribution < -0.4 is 5.32 Å². The molecule has 2 heterocycles. The largest absolute Gasteiger partial charge is 0.350 e. The molecule has 172 valence electrons. The number of fused-ring (bicyclic) bond motifs is 2. The molecule has 0 spiro atoms. The highest BCUT2D eigenvalue weighted by Gasteiger charge is 2.38. The van der Waals surface area contributed by atoms with E-state index >= 15 is 0 Å². The van der Waals surface area contributed by atoms with Gasteiger partial charge in [0.1, 0.15) is 5.01 Å². The number of benzene rings is 2. The molecule has 1 fully saturated rings. The normalized spacial score (nSPS) is 20.0. The number of aryl methyl sites for hydroxylation is 2. The van der Waals surface area contributed by atoms with Gasteiger partial charge in [-0.3, -0.25) is 9.59 Å². The molecule has 0 bridgehead atoms. The lowest BCUT2D eigenvalue weighted by Gasteiger charge is -2.30. The van der Waals surface area contributed by atoms with Crippen LogP contribution in [-0.4, -0.2) is 34.3 Å². The Balaban J connectivity index is 1.24. The molecule has 33 heavy (non-hydrogen) atoms. The Morgan fingerprint density at radius 1 is 1.12 bits per heavy atom. The van der Waals surface area contributed by atoms with Crippen molar-refractivity contribution in [3.8, 4) is 0 Å². The van der Waals surface area contributed by atoms with E-state index in [-0.39, 0.29) is 17.4 Å². The summed E-state index contributed by atoms with van der Waals surface area (Å²) in [4.78, 5) is 33.1. The smallest absolute Gasteiger partial charge is 0.222 e. The van der Waals surface area contributed by atoms with Gasteiger partial charge in [-0.15, -0.1) is 11.3 Å². The first-order valence-corrected chi connectivity index (χ1v) is 12.8. The molecule has 1 aliphatic carbocycles. The van der Waals surface area contributed by atoms with Gasteiger partial charge in [0, 0.05) is 30.3 Å². The zero-order valence-electron chi connectivity index (χ0n) is 19.2. The molecule has 2 amide bonds. The first kappa shape index (κ1) is 22.1. The third-order valence-electron chi connectivity index (χ3n) is 7.10. The van der Waals surface area contributed by atoms with Crippen LogP contribution >= 0.6 is 11.3 Å². The molecule has 1 saturated heterocycles. The monoisotopic (exact) mass is 461 g/mol. The molecular weight excluding hydrogens is 430 g/mol. The van der Waals surface area contributed by atoms with Crippen LogP contribution in [0.15, 0.2) is 42.5 Å². The van der Waals surface area contributed by atoms with Crippen LogP contribution in [0, 0.1) is 0 Å². The maximum Gasteiger partial charge on any atom is 0.222 e. The zero-order chi connectivity index (χ0) is 22.8. The number of nitrogens with zero attached hydrogens (tertiary/aromatic N) is 2. The van der Waals surface area contributed by atoms with Gasteiger partial charge < -0.3 is 10.2 Å². The molecule has 1 aliphatic heterocycles. The lowest BCUT2D eigenvalue weighted by atomic mass is 9.84. The van der Waals surface area contributed by atoms with Crippen molar-refractivity contribution in [3.05, 3.63) is 63.6 Å². The van der Waals surface area contributed by atoms with Gasteiger partial charge in [0.25, 0.3) is 0 Å². The summed E-state index contributed by atoms with van der Waals surface area (Å²) in [6.45, 7) is 0.570. The maximum absolute atomic E-state index is 13.0. The van der Waals surface area contributed by atoms with Gasteiger partial charge in [-0.2, -0.15) is 0 Å². The Morgan fingerprint density at radius 2 is 1.94 bits per heavy atom. The Bertz CT molecular complexity index is 1160. The second kappa shape index (κ2) is 9.26. The summed E-state index contributed by atoms with van der Waals surface area (Å²) < 4.78 is 0. The van der Waals surface area contributed by atoms with Crippen molar-refractivity contribution in [3.63, 3.8) is 0 Å². The van der Waals surface area contributed by atoms with Gasteiger partial charge in [0.05, 0.1) is 12.2 Å². The Morgan fingerprint density at radius 3 is 2.73 bits per heavy atom. The lowest BCUT2D eigenvalue weighted by molar-refractivity contribution is -0.131. The molecule has 5 rings (SSSR count). The van der Waals surface area contributed by atoms with E-state index in [1.165, 1.54) is 39.7 Å². The predicted octanol–water partition coefficient (Wildman–Crippen LogP) is 4.81. The molecule has 3 aromatic rings. The molecule has 0 radical (unpaired) electrons. The second-order valence-corrected chi connectivity index (χ2v) is 10.8. The fourth-order valence-electron chi connectivity index (χ4n) is 5.22. The van der Waals surface area contributed by atoms with Crippen molar-refractivity contribution in [1.29, 1.82) is 0 Å². The van der Waals surface area contributed by atoms with Crippen LogP contribution in [0.1, 0.15) is 59.7 Å². The molecular formula is C27H31N3O2S. The molecule has 1 aromatic heterocycles. The minimum Gasteiger partial charge on any atom is -0.350 e. The quantitative estimate of drug-likeness (QED) is 0.549. The Labute approximate surface area is 199 Å². The predicted molar refractivity (Wildman–Crippen MR) is 132 cm³/mol. The van der Waals surface area contributed by atoms with Crippen molar-refractivity contribution >= 4 is 33.9 Å². The first-order chi connectivity index (χ1) is 16.0. The van der Waals surface area contributed by atoms with Crippen molar-refractivity contribution in [2.75, 3.05) is 7.05 Å². The number of hydrogen-bond donors (Lipinski definition) is 1. The van der Waals surface area contributed by atoms with Gasteiger partial charge in [0.2, 0.25) is 11.8 Å². The number of nitrogens with one attached hydrogen (secondary N) is 1. The standard InChI is InChI=1S/C27H31N3O2S/c1-30(18-25-28-22-8-4-5-9-23(22)33-25)26(32)13-15-27(14-12-24(31)29-27)17-19-10-11-20-6-2-3-7-21(20)16-19/h2-3,6-7,10-11,16H,4-5,8-9,12-15,17-18H2,1H3,(H,29,31)/t27-/m1/s1. The van der Waals surface area contributed by atoms with Crippen molar-refractivity contribution in [2.45, 2.75) is 69.9 Å². The SMILES string of the molecule is CN(Cc1nc2c(s1)CCCC2)C(=O)CC[C@@]1(Cc2ccc3ccccc3c2)CCC(=O)N1. The summed E-state index contributed by atoms with van der Waals surface area (Å²) in [5, 5.41) is 6.68. The highest BCUT2D eigenvalue weighted by molar-refractivity contribution is 7.11. The molecule has 0 unspecified atom stereocenters. The van der Waals surface area contributed by atoms with Gasteiger partial charge in [-0.1, -0.05) is 42.5 Å². The average Bonchev–Trinajstić information content (AvgIpc) is 3.40. The van der Waals surface area contributed by atoms with E-state index in [9.17, 15) is 9.59 Å². The third kappa shape index (κ3) is 4.96. The van der Waals surface area contributed by atoms with E-state index in [0.717, 1.165) is 30.7 Å². The zero-order valence-corrected chi connectivity index (χ0v) is 20.0. The first-order valence-electron chi connectivity index (χ1n) is 12.0. The average molecular weight is 462 g/mol. The number of carbonyl (C=O) groups is 2. The van der Waals surface area contributed by atoms with E-state index in [2.05, 4.69) is 35.6 Å². The van der Waals surface area contributed by atoms with Gasteiger partial charge in [-0.25, -0.2) is 4.98 Å². The summed E-state index contributed by atoms with van der Waals surface area (Å²) in [6.07, 6.45) is 7.79. The minimum atomic E-state index is -0.351. The molecule has 2 aliphatic rings. The van der Waals surface area contributed by atoms with E-state index < -0.39 is 0 Å². The van der Waals surface area contributed by atoms with Gasteiger partial charge in [-0.05, 0) is 61.3 Å².